The van der Waals surface area contributed by atoms with Crippen LogP contribution in [0.25, 0.3) is 0 Å². The topological polar surface area (TPSA) is 26.3 Å². The quantitative estimate of drug-likeness (QED) is 0.361. The van der Waals surface area contributed by atoms with Gasteiger partial charge in [0.2, 0.25) is 0 Å². The molecule has 0 fully saturated rings. The Morgan fingerprint density at radius 2 is 1.48 bits per heavy atom. The number of carbonyl (C=O) groups excluding carboxylic acids is 1. The molecule has 2 rings (SSSR count). The number of hydrogen-bond donors (Lipinski definition) is 0. The highest BCUT2D eigenvalue weighted by atomic mass is 28.4. The summed E-state index contributed by atoms with van der Waals surface area (Å²) in [5.74, 6) is 0.169. The van der Waals surface area contributed by atoms with Gasteiger partial charge in [0.1, 0.15) is 6.29 Å². The van der Waals surface area contributed by atoms with E-state index >= 15 is 0 Å². The fourth-order valence-electron chi connectivity index (χ4n) is 3.77. The molecule has 0 aromatic heterocycles. The Hall–Kier alpha value is -1.97. The van der Waals surface area contributed by atoms with Gasteiger partial charge >= 0.3 is 0 Å². The SMILES string of the molecule is C=C[C@H](C=O)C[C@H](C)CO[Si](c1ccccc1)(c1ccccc1)C(C)(C)C. The zero-order valence-corrected chi connectivity index (χ0v) is 18.0. The molecule has 0 N–H and O–H groups in total. The number of rotatable bonds is 9. The molecule has 0 heterocycles. The average Bonchev–Trinajstić information content (AvgIpc) is 2.67. The van der Waals surface area contributed by atoms with Crippen LogP contribution in [0.1, 0.15) is 34.1 Å². The van der Waals surface area contributed by atoms with Crippen LogP contribution in [-0.4, -0.2) is 21.2 Å². The molecule has 0 saturated heterocycles. The third-order valence-corrected chi connectivity index (χ3v) is 10.2. The van der Waals surface area contributed by atoms with Crippen LogP contribution in [0.2, 0.25) is 5.04 Å². The van der Waals surface area contributed by atoms with E-state index in [1.165, 1.54) is 10.4 Å². The molecular formula is C24H32O2Si. The summed E-state index contributed by atoms with van der Waals surface area (Å²) in [6.45, 7) is 13.4. The number of hydrogen-bond acceptors (Lipinski definition) is 2. The Morgan fingerprint density at radius 1 is 1.00 bits per heavy atom. The van der Waals surface area contributed by atoms with Crippen molar-refractivity contribution in [3.05, 3.63) is 73.3 Å². The fourth-order valence-corrected chi connectivity index (χ4v) is 8.46. The molecule has 0 aliphatic carbocycles. The van der Waals surface area contributed by atoms with E-state index in [2.05, 4.69) is 94.9 Å². The van der Waals surface area contributed by atoms with Crippen molar-refractivity contribution in [2.45, 2.75) is 39.2 Å². The van der Waals surface area contributed by atoms with Crippen LogP contribution >= 0.6 is 0 Å². The Labute approximate surface area is 165 Å². The van der Waals surface area contributed by atoms with Gasteiger partial charge in [-0.25, -0.2) is 0 Å². The van der Waals surface area contributed by atoms with Crippen molar-refractivity contribution < 1.29 is 9.22 Å². The summed E-state index contributed by atoms with van der Waals surface area (Å²) in [5.41, 5.74) is 0. The van der Waals surface area contributed by atoms with E-state index in [-0.39, 0.29) is 16.9 Å². The molecule has 0 spiro atoms. The lowest BCUT2D eigenvalue weighted by molar-refractivity contribution is -0.110. The Balaban J connectivity index is 2.43. The smallest absolute Gasteiger partial charge is 0.261 e. The second-order valence-electron chi connectivity index (χ2n) is 8.35. The predicted octanol–water partition coefficient (Wildman–Crippen LogP) is 4.59. The van der Waals surface area contributed by atoms with E-state index < -0.39 is 8.32 Å². The van der Waals surface area contributed by atoms with Crippen molar-refractivity contribution in [2.24, 2.45) is 11.8 Å². The molecule has 0 aliphatic heterocycles. The van der Waals surface area contributed by atoms with Crippen molar-refractivity contribution in [1.29, 1.82) is 0 Å². The highest BCUT2D eigenvalue weighted by molar-refractivity contribution is 6.99. The van der Waals surface area contributed by atoms with Crippen LogP contribution in [0.3, 0.4) is 0 Å². The lowest BCUT2D eigenvalue weighted by atomic mass is 9.98. The van der Waals surface area contributed by atoms with Gasteiger partial charge in [-0.3, -0.25) is 0 Å². The first-order chi connectivity index (χ1) is 12.8. The number of benzene rings is 2. The van der Waals surface area contributed by atoms with Crippen molar-refractivity contribution >= 4 is 25.0 Å². The summed E-state index contributed by atoms with van der Waals surface area (Å²) in [6, 6.07) is 21.3. The molecule has 144 valence electrons. The molecule has 2 nitrogen and oxygen atoms in total. The Morgan fingerprint density at radius 3 is 1.85 bits per heavy atom. The normalized spacial score (nSPS) is 14.4. The number of aldehydes is 1. The van der Waals surface area contributed by atoms with Gasteiger partial charge in [-0.1, -0.05) is 94.4 Å². The van der Waals surface area contributed by atoms with Crippen molar-refractivity contribution in [3.63, 3.8) is 0 Å². The molecule has 0 aliphatic rings. The minimum Gasteiger partial charge on any atom is -0.407 e. The summed E-state index contributed by atoms with van der Waals surface area (Å²) < 4.78 is 6.91. The van der Waals surface area contributed by atoms with Gasteiger partial charge < -0.3 is 9.22 Å². The zero-order chi connectivity index (χ0) is 19.9. The predicted molar refractivity (Wildman–Crippen MR) is 117 cm³/mol. The summed E-state index contributed by atoms with van der Waals surface area (Å²) >= 11 is 0. The largest absolute Gasteiger partial charge is 0.407 e. The molecule has 0 unspecified atom stereocenters. The second kappa shape index (κ2) is 9.29. The van der Waals surface area contributed by atoms with Gasteiger partial charge in [-0.2, -0.15) is 0 Å². The van der Waals surface area contributed by atoms with E-state index in [0.29, 0.717) is 6.61 Å². The first kappa shape index (κ1) is 21.3. The molecule has 0 bridgehead atoms. The third-order valence-electron chi connectivity index (χ3n) is 5.15. The van der Waals surface area contributed by atoms with Gasteiger partial charge in [0, 0.05) is 12.5 Å². The first-order valence-corrected chi connectivity index (χ1v) is 11.6. The fraction of sp³-hybridized carbons (Fsp3) is 0.375. The van der Waals surface area contributed by atoms with E-state index in [9.17, 15) is 4.79 Å². The molecule has 0 amide bonds. The van der Waals surface area contributed by atoms with Gasteiger partial charge in [0.05, 0.1) is 0 Å². The minimum absolute atomic E-state index is 0.0298. The van der Waals surface area contributed by atoms with E-state index in [1.54, 1.807) is 6.08 Å². The van der Waals surface area contributed by atoms with Crippen LogP contribution in [0, 0.1) is 11.8 Å². The Bertz CT molecular complexity index is 672. The standard InChI is InChI=1S/C24H32O2Si/c1-6-21(18-25)17-20(2)19-26-27(24(3,4)5,22-13-9-7-10-14-22)23-15-11-8-12-16-23/h6-16,18,20-21H,1,17,19H2,2-5H3/t20-,21-/m0/s1. The molecule has 27 heavy (non-hydrogen) atoms. The molecule has 3 heteroatoms. The van der Waals surface area contributed by atoms with Crippen LogP contribution in [0.4, 0.5) is 0 Å². The van der Waals surface area contributed by atoms with E-state index in [1.807, 2.05) is 0 Å². The zero-order valence-electron chi connectivity index (χ0n) is 17.0. The summed E-state index contributed by atoms with van der Waals surface area (Å²) in [4.78, 5) is 11.2. The van der Waals surface area contributed by atoms with Crippen molar-refractivity contribution in [2.75, 3.05) is 6.61 Å². The Kier molecular flexibility index (Phi) is 7.34. The molecular weight excluding hydrogens is 348 g/mol. The van der Waals surface area contributed by atoms with Crippen molar-refractivity contribution in [3.8, 4) is 0 Å². The van der Waals surface area contributed by atoms with Crippen molar-refractivity contribution in [1.82, 2.24) is 0 Å². The summed E-state index contributed by atoms with van der Waals surface area (Å²) in [7, 11) is -2.50. The maximum Gasteiger partial charge on any atom is 0.261 e. The number of carbonyl (C=O) groups is 1. The number of allylic oxidation sites excluding steroid dienone is 1. The molecule has 2 aromatic carbocycles. The second-order valence-corrected chi connectivity index (χ2v) is 12.7. The maximum atomic E-state index is 11.2. The van der Waals surface area contributed by atoms with Crippen LogP contribution in [0.5, 0.6) is 0 Å². The van der Waals surface area contributed by atoms with Gasteiger partial charge in [-0.15, -0.1) is 6.58 Å². The lowest BCUT2D eigenvalue weighted by Crippen LogP contribution is -2.66. The van der Waals surface area contributed by atoms with Gasteiger partial charge in [-0.05, 0) is 27.8 Å². The highest BCUT2D eigenvalue weighted by Gasteiger charge is 2.50. The summed E-state index contributed by atoms with van der Waals surface area (Å²) in [6.07, 6.45) is 3.48. The average molecular weight is 381 g/mol. The van der Waals surface area contributed by atoms with Gasteiger partial charge in [0.15, 0.2) is 0 Å². The highest BCUT2D eigenvalue weighted by Crippen LogP contribution is 2.37. The first-order valence-electron chi connectivity index (χ1n) is 9.68. The summed E-state index contributed by atoms with van der Waals surface area (Å²) in [5, 5.41) is 2.54. The van der Waals surface area contributed by atoms with E-state index in [4.69, 9.17) is 4.43 Å². The monoisotopic (exact) mass is 380 g/mol. The van der Waals surface area contributed by atoms with Crippen LogP contribution < -0.4 is 10.4 Å². The molecule has 2 atom stereocenters. The third kappa shape index (κ3) is 4.85. The molecule has 0 radical (unpaired) electrons. The lowest BCUT2D eigenvalue weighted by Gasteiger charge is -2.43. The maximum absolute atomic E-state index is 11.2. The van der Waals surface area contributed by atoms with Crippen LogP contribution in [-0.2, 0) is 9.22 Å². The van der Waals surface area contributed by atoms with Crippen LogP contribution in [0.15, 0.2) is 73.3 Å². The van der Waals surface area contributed by atoms with Gasteiger partial charge in [0.25, 0.3) is 8.32 Å². The molecule has 2 aromatic rings. The minimum atomic E-state index is -2.50. The molecule has 0 saturated carbocycles. The van der Waals surface area contributed by atoms with E-state index in [0.717, 1.165) is 12.7 Å².